The van der Waals surface area contributed by atoms with Gasteiger partial charge in [0.1, 0.15) is 0 Å². The van der Waals surface area contributed by atoms with E-state index in [4.69, 9.17) is 0 Å². The van der Waals surface area contributed by atoms with E-state index in [2.05, 4.69) is 111 Å². The van der Waals surface area contributed by atoms with E-state index in [0.717, 1.165) is 12.8 Å². The van der Waals surface area contributed by atoms with Crippen LogP contribution in [-0.2, 0) is 12.8 Å². The van der Waals surface area contributed by atoms with Crippen LogP contribution in [0.4, 0.5) is 0 Å². The number of hydrogen-bond acceptors (Lipinski definition) is 0. The van der Waals surface area contributed by atoms with Crippen molar-refractivity contribution < 1.29 is 0 Å². The molecule has 0 aliphatic heterocycles. The smallest absolute Gasteiger partial charge is 0.00176 e. The van der Waals surface area contributed by atoms with Gasteiger partial charge in [0.15, 0.2) is 0 Å². The highest BCUT2D eigenvalue weighted by Gasteiger charge is 2.20. The topological polar surface area (TPSA) is 0 Å². The molecule has 0 N–H and O–H groups in total. The van der Waals surface area contributed by atoms with E-state index >= 15 is 0 Å². The molecular formula is C30H26. The Hall–Kier alpha value is -3.38. The molecule has 0 spiro atoms. The number of benzene rings is 5. The van der Waals surface area contributed by atoms with E-state index in [1.54, 1.807) is 0 Å². The van der Waals surface area contributed by atoms with Crippen molar-refractivity contribution >= 4 is 21.5 Å². The fraction of sp³-hybridized carbons (Fsp3) is 0.133. The number of rotatable bonds is 4. The first kappa shape index (κ1) is 18.6. The highest BCUT2D eigenvalue weighted by atomic mass is 14.2. The summed E-state index contributed by atoms with van der Waals surface area (Å²) in [6.07, 6.45) is 2.05. The van der Waals surface area contributed by atoms with Gasteiger partial charge < -0.3 is 0 Å². The maximum atomic E-state index is 2.32. The van der Waals surface area contributed by atoms with Gasteiger partial charge in [-0.3, -0.25) is 0 Å². The van der Waals surface area contributed by atoms with E-state index in [1.807, 2.05) is 0 Å². The first-order valence-corrected chi connectivity index (χ1v) is 10.9. The molecule has 5 rings (SSSR count). The average Bonchev–Trinajstić information content (AvgIpc) is 2.83. The minimum atomic E-state index is 1.02. The molecule has 0 aromatic heterocycles. The van der Waals surface area contributed by atoms with Crippen LogP contribution >= 0.6 is 0 Å². The molecule has 5 aromatic carbocycles. The minimum Gasteiger partial charge on any atom is -0.0622 e. The van der Waals surface area contributed by atoms with Gasteiger partial charge in [0, 0.05) is 0 Å². The Balaban J connectivity index is 2.11. The first-order chi connectivity index (χ1) is 14.8. The molecule has 146 valence electrons. The molecular weight excluding hydrogens is 360 g/mol. The summed E-state index contributed by atoms with van der Waals surface area (Å²) in [5, 5.41) is 5.53. The van der Waals surface area contributed by atoms with Crippen molar-refractivity contribution in [3.05, 3.63) is 108 Å². The number of aryl methyl sites for hydroxylation is 2. The molecule has 0 bridgehead atoms. The molecule has 0 atom stereocenters. The fourth-order valence-corrected chi connectivity index (χ4v) is 4.88. The molecule has 0 nitrogen and oxygen atoms in total. The second-order valence-electron chi connectivity index (χ2n) is 7.87. The Bertz CT molecular complexity index is 1330. The fourth-order valence-electron chi connectivity index (χ4n) is 4.88. The summed E-state index contributed by atoms with van der Waals surface area (Å²) in [7, 11) is 0. The molecule has 0 unspecified atom stereocenters. The minimum absolute atomic E-state index is 1.02. The molecule has 0 fully saturated rings. The van der Waals surface area contributed by atoms with E-state index < -0.39 is 0 Å². The van der Waals surface area contributed by atoms with Gasteiger partial charge in [0.25, 0.3) is 0 Å². The Morgan fingerprint density at radius 2 is 0.933 bits per heavy atom. The standard InChI is InChI=1S/C30H26/c1-3-21-17-11-20-26-27(21)25-19-12-18-22(4-2)28(25)30(24-15-9-6-10-16-24)29(26)23-13-7-5-8-14-23/h5-20H,3-4H2,1-2H3. The molecule has 0 saturated heterocycles. The van der Waals surface area contributed by atoms with Crippen LogP contribution in [0, 0.1) is 0 Å². The Morgan fingerprint density at radius 1 is 0.433 bits per heavy atom. The lowest BCUT2D eigenvalue weighted by molar-refractivity contribution is 1.16. The van der Waals surface area contributed by atoms with E-state index in [1.165, 1.54) is 54.9 Å². The zero-order chi connectivity index (χ0) is 20.5. The lowest BCUT2D eigenvalue weighted by Gasteiger charge is -2.21. The second-order valence-corrected chi connectivity index (χ2v) is 7.87. The number of fused-ring (bicyclic) bond motifs is 3. The monoisotopic (exact) mass is 386 g/mol. The van der Waals surface area contributed by atoms with Gasteiger partial charge in [-0.25, -0.2) is 0 Å². The Morgan fingerprint density at radius 3 is 1.50 bits per heavy atom. The van der Waals surface area contributed by atoms with Crippen LogP contribution in [0.3, 0.4) is 0 Å². The molecule has 0 saturated carbocycles. The molecule has 0 heterocycles. The first-order valence-electron chi connectivity index (χ1n) is 10.9. The zero-order valence-corrected chi connectivity index (χ0v) is 17.7. The quantitative estimate of drug-likeness (QED) is 0.272. The normalized spacial score (nSPS) is 11.3. The molecule has 5 aromatic rings. The maximum absolute atomic E-state index is 2.32. The summed E-state index contributed by atoms with van der Waals surface area (Å²) >= 11 is 0. The van der Waals surface area contributed by atoms with Crippen LogP contribution < -0.4 is 0 Å². The molecule has 0 aliphatic rings. The van der Waals surface area contributed by atoms with Crippen molar-refractivity contribution in [2.45, 2.75) is 26.7 Å². The van der Waals surface area contributed by atoms with E-state index in [9.17, 15) is 0 Å². The highest BCUT2D eigenvalue weighted by molar-refractivity contribution is 6.23. The Kier molecular flexibility index (Phi) is 4.85. The van der Waals surface area contributed by atoms with Gasteiger partial charge in [-0.15, -0.1) is 0 Å². The van der Waals surface area contributed by atoms with Crippen LogP contribution in [0.15, 0.2) is 97.1 Å². The largest absolute Gasteiger partial charge is 0.0622 e. The summed E-state index contributed by atoms with van der Waals surface area (Å²) in [4.78, 5) is 0. The van der Waals surface area contributed by atoms with Crippen LogP contribution in [0.2, 0.25) is 0 Å². The van der Waals surface area contributed by atoms with Crippen molar-refractivity contribution in [1.29, 1.82) is 0 Å². The second kappa shape index (κ2) is 7.80. The van der Waals surface area contributed by atoms with Crippen molar-refractivity contribution in [2.24, 2.45) is 0 Å². The predicted octanol–water partition coefficient (Wildman–Crippen LogP) is 8.45. The summed E-state index contributed by atoms with van der Waals surface area (Å²) in [5.74, 6) is 0. The van der Waals surface area contributed by atoms with Crippen molar-refractivity contribution in [1.82, 2.24) is 0 Å². The van der Waals surface area contributed by atoms with Crippen LogP contribution in [0.1, 0.15) is 25.0 Å². The van der Waals surface area contributed by atoms with Gasteiger partial charge in [-0.2, -0.15) is 0 Å². The van der Waals surface area contributed by atoms with Gasteiger partial charge >= 0.3 is 0 Å². The summed E-state index contributed by atoms with van der Waals surface area (Å²) in [6.45, 7) is 4.53. The summed E-state index contributed by atoms with van der Waals surface area (Å²) in [6, 6.07) is 35.5. The van der Waals surface area contributed by atoms with E-state index in [0.29, 0.717) is 0 Å². The summed E-state index contributed by atoms with van der Waals surface area (Å²) < 4.78 is 0. The third-order valence-corrected chi connectivity index (χ3v) is 6.23. The summed E-state index contributed by atoms with van der Waals surface area (Å²) in [5.41, 5.74) is 8.10. The SMILES string of the molecule is CCc1cccc2c1c(-c1ccccc1)c(-c1ccccc1)c1cccc(CC)c12. The van der Waals surface area contributed by atoms with Crippen molar-refractivity contribution in [2.75, 3.05) is 0 Å². The van der Waals surface area contributed by atoms with Crippen LogP contribution in [0.25, 0.3) is 43.8 Å². The van der Waals surface area contributed by atoms with Gasteiger partial charge in [-0.05, 0) is 67.8 Å². The van der Waals surface area contributed by atoms with E-state index in [-0.39, 0.29) is 0 Å². The Labute approximate surface area is 178 Å². The molecule has 30 heavy (non-hydrogen) atoms. The van der Waals surface area contributed by atoms with Crippen molar-refractivity contribution in [3.63, 3.8) is 0 Å². The van der Waals surface area contributed by atoms with Crippen molar-refractivity contribution in [3.8, 4) is 22.3 Å². The lowest BCUT2D eigenvalue weighted by atomic mass is 9.82. The maximum Gasteiger partial charge on any atom is -0.00176 e. The van der Waals surface area contributed by atoms with Crippen LogP contribution in [0.5, 0.6) is 0 Å². The third-order valence-electron chi connectivity index (χ3n) is 6.23. The van der Waals surface area contributed by atoms with Gasteiger partial charge in [0.2, 0.25) is 0 Å². The zero-order valence-electron chi connectivity index (χ0n) is 17.7. The molecule has 0 amide bonds. The molecule has 0 heteroatoms. The third kappa shape index (κ3) is 2.92. The van der Waals surface area contributed by atoms with Crippen LogP contribution in [-0.4, -0.2) is 0 Å². The molecule has 0 radical (unpaired) electrons. The molecule has 0 aliphatic carbocycles. The average molecular weight is 387 g/mol. The highest BCUT2D eigenvalue weighted by Crippen LogP contribution is 2.46. The lowest BCUT2D eigenvalue weighted by Crippen LogP contribution is -1.96. The predicted molar refractivity (Wildman–Crippen MR) is 131 cm³/mol. The van der Waals surface area contributed by atoms with Gasteiger partial charge in [-0.1, -0.05) is 111 Å². The number of hydrogen-bond donors (Lipinski definition) is 0. The van der Waals surface area contributed by atoms with Gasteiger partial charge in [0.05, 0.1) is 0 Å².